The van der Waals surface area contributed by atoms with Gasteiger partial charge in [0, 0.05) is 29.6 Å². The fraction of sp³-hybridized carbons (Fsp3) is 0.438. The van der Waals surface area contributed by atoms with Crippen LogP contribution in [0.4, 0.5) is 0 Å². The molecule has 0 bridgehead atoms. The summed E-state index contributed by atoms with van der Waals surface area (Å²) < 4.78 is 5.25. The van der Waals surface area contributed by atoms with Gasteiger partial charge in [0.05, 0.1) is 7.11 Å². The van der Waals surface area contributed by atoms with Crippen LogP contribution in [0.3, 0.4) is 0 Å². The van der Waals surface area contributed by atoms with Crippen LogP contribution in [-0.2, 0) is 11.2 Å². The number of hydrogen-bond donors (Lipinski definition) is 2. The van der Waals surface area contributed by atoms with Crippen LogP contribution in [-0.4, -0.2) is 24.5 Å². The Balaban J connectivity index is 2.01. The first-order valence-electron chi connectivity index (χ1n) is 7.07. The van der Waals surface area contributed by atoms with Gasteiger partial charge in [0.15, 0.2) is 0 Å². The van der Waals surface area contributed by atoms with Crippen molar-refractivity contribution in [2.75, 3.05) is 13.7 Å². The molecule has 0 aliphatic rings. The van der Waals surface area contributed by atoms with Crippen molar-refractivity contribution in [3.05, 3.63) is 30.0 Å². The molecule has 1 aromatic heterocycles. The van der Waals surface area contributed by atoms with Crippen LogP contribution in [0.25, 0.3) is 10.9 Å². The van der Waals surface area contributed by atoms with Crippen molar-refractivity contribution < 1.29 is 9.53 Å². The molecule has 0 saturated carbocycles. The molecule has 0 aliphatic carbocycles. The summed E-state index contributed by atoms with van der Waals surface area (Å²) in [5, 5.41) is 4.14. The summed E-state index contributed by atoms with van der Waals surface area (Å²) in [5.41, 5.74) is 2.29. The van der Waals surface area contributed by atoms with E-state index in [0.717, 1.165) is 29.5 Å². The molecule has 0 saturated heterocycles. The van der Waals surface area contributed by atoms with Gasteiger partial charge in [0.1, 0.15) is 5.75 Å². The lowest BCUT2D eigenvalue weighted by Gasteiger charge is -2.09. The van der Waals surface area contributed by atoms with E-state index in [0.29, 0.717) is 6.54 Å². The molecule has 2 aromatic rings. The monoisotopic (exact) mass is 274 g/mol. The summed E-state index contributed by atoms with van der Waals surface area (Å²) in [6.07, 6.45) is 3.69. The quantitative estimate of drug-likeness (QED) is 0.851. The largest absolute Gasteiger partial charge is 0.497 e. The fourth-order valence-corrected chi connectivity index (χ4v) is 2.17. The first-order chi connectivity index (χ1) is 9.65. The van der Waals surface area contributed by atoms with Crippen molar-refractivity contribution >= 4 is 16.8 Å². The maximum absolute atomic E-state index is 11.7. The maximum Gasteiger partial charge on any atom is 0.222 e. The number of aromatic nitrogens is 1. The Bertz CT molecular complexity index is 589. The molecule has 1 atom stereocenters. The molecule has 108 valence electrons. The maximum atomic E-state index is 11.7. The minimum Gasteiger partial charge on any atom is -0.497 e. The number of carbonyl (C=O) groups excluding carboxylic acids is 1. The number of aromatic amines is 1. The smallest absolute Gasteiger partial charge is 0.222 e. The highest BCUT2D eigenvalue weighted by atomic mass is 16.5. The highest BCUT2D eigenvalue weighted by Gasteiger charge is 2.10. The number of methoxy groups -OCH3 is 1. The molecule has 0 aliphatic heterocycles. The number of fused-ring (bicyclic) bond motifs is 1. The summed E-state index contributed by atoms with van der Waals surface area (Å²) in [4.78, 5) is 15.0. The van der Waals surface area contributed by atoms with Gasteiger partial charge in [-0.3, -0.25) is 4.79 Å². The summed E-state index contributed by atoms with van der Waals surface area (Å²) in [6, 6.07) is 5.97. The van der Waals surface area contributed by atoms with Crippen molar-refractivity contribution in [1.29, 1.82) is 0 Å². The molecule has 1 aromatic carbocycles. The number of hydrogen-bond acceptors (Lipinski definition) is 2. The van der Waals surface area contributed by atoms with E-state index < -0.39 is 0 Å². The Labute approximate surface area is 119 Å². The Morgan fingerprint density at radius 2 is 2.25 bits per heavy atom. The summed E-state index contributed by atoms with van der Waals surface area (Å²) in [7, 11) is 1.67. The van der Waals surface area contributed by atoms with Gasteiger partial charge in [-0.05, 0) is 36.6 Å². The molecule has 2 N–H and O–H groups in total. The second-order valence-electron chi connectivity index (χ2n) is 5.08. The van der Waals surface area contributed by atoms with Crippen LogP contribution >= 0.6 is 0 Å². The minimum atomic E-state index is 0.0815. The average molecular weight is 274 g/mol. The lowest BCUT2D eigenvalue weighted by molar-refractivity contribution is -0.124. The van der Waals surface area contributed by atoms with Gasteiger partial charge in [-0.15, -0.1) is 0 Å². The molecule has 0 fully saturated rings. The van der Waals surface area contributed by atoms with E-state index in [2.05, 4.69) is 10.3 Å². The molecule has 1 unspecified atom stereocenters. The van der Waals surface area contributed by atoms with Gasteiger partial charge in [0.2, 0.25) is 5.91 Å². The summed E-state index contributed by atoms with van der Waals surface area (Å²) in [6.45, 7) is 4.63. The Kier molecular flexibility index (Phi) is 4.66. The summed E-state index contributed by atoms with van der Waals surface area (Å²) >= 11 is 0. The third kappa shape index (κ3) is 3.13. The Hall–Kier alpha value is -1.97. The van der Waals surface area contributed by atoms with Crippen molar-refractivity contribution in [2.24, 2.45) is 5.92 Å². The average Bonchev–Trinajstić information content (AvgIpc) is 2.88. The Morgan fingerprint density at radius 3 is 2.95 bits per heavy atom. The lowest BCUT2D eigenvalue weighted by Crippen LogP contribution is -2.30. The van der Waals surface area contributed by atoms with Crippen LogP contribution in [0.1, 0.15) is 25.8 Å². The van der Waals surface area contributed by atoms with E-state index in [9.17, 15) is 4.79 Å². The van der Waals surface area contributed by atoms with Crippen molar-refractivity contribution in [1.82, 2.24) is 10.3 Å². The third-order valence-corrected chi connectivity index (χ3v) is 3.73. The van der Waals surface area contributed by atoms with E-state index >= 15 is 0 Å². The van der Waals surface area contributed by atoms with Gasteiger partial charge in [-0.2, -0.15) is 0 Å². The third-order valence-electron chi connectivity index (χ3n) is 3.73. The van der Waals surface area contributed by atoms with Gasteiger partial charge < -0.3 is 15.0 Å². The molecule has 0 spiro atoms. The van der Waals surface area contributed by atoms with Gasteiger partial charge in [-0.25, -0.2) is 0 Å². The van der Waals surface area contributed by atoms with Crippen LogP contribution in [0, 0.1) is 5.92 Å². The zero-order chi connectivity index (χ0) is 14.5. The van der Waals surface area contributed by atoms with Crippen molar-refractivity contribution in [3.63, 3.8) is 0 Å². The number of H-pyrrole nitrogens is 1. The first kappa shape index (κ1) is 14.4. The van der Waals surface area contributed by atoms with E-state index in [-0.39, 0.29) is 11.8 Å². The highest BCUT2D eigenvalue weighted by Crippen LogP contribution is 2.23. The van der Waals surface area contributed by atoms with E-state index in [4.69, 9.17) is 4.74 Å². The number of carbonyl (C=O) groups is 1. The SMILES string of the molecule is CCC(C)C(=O)NCCc1c[nH]c2ccc(OC)cc12. The standard InChI is InChI=1S/C16H22N2O2/c1-4-11(2)16(19)17-8-7-12-10-18-15-6-5-13(20-3)9-14(12)15/h5-6,9-11,18H,4,7-8H2,1-3H3,(H,17,19). The van der Waals surface area contributed by atoms with Crippen LogP contribution < -0.4 is 10.1 Å². The van der Waals surface area contributed by atoms with E-state index in [1.54, 1.807) is 7.11 Å². The fourth-order valence-electron chi connectivity index (χ4n) is 2.17. The molecule has 1 heterocycles. The van der Waals surface area contributed by atoms with Crippen LogP contribution in [0.5, 0.6) is 5.75 Å². The molecular weight excluding hydrogens is 252 g/mol. The molecule has 4 heteroatoms. The minimum absolute atomic E-state index is 0.0815. The number of benzene rings is 1. The number of nitrogens with one attached hydrogen (secondary N) is 2. The van der Waals surface area contributed by atoms with Crippen molar-refractivity contribution in [3.8, 4) is 5.75 Å². The molecule has 20 heavy (non-hydrogen) atoms. The van der Waals surface area contributed by atoms with Gasteiger partial charge in [0.25, 0.3) is 0 Å². The predicted molar refractivity (Wildman–Crippen MR) is 81.0 cm³/mol. The molecule has 1 amide bonds. The van der Waals surface area contributed by atoms with Gasteiger partial charge >= 0.3 is 0 Å². The number of rotatable bonds is 6. The first-order valence-corrected chi connectivity index (χ1v) is 7.07. The molecular formula is C16H22N2O2. The molecule has 0 radical (unpaired) electrons. The van der Waals surface area contributed by atoms with Crippen molar-refractivity contribution in [2.45, 2.75) is 26.7 Å². The van der Waals surface area contributed by atoms with Gasteiger partial charge in [-0.1, -0.05) is 13.8 Å². The zero-order valence-corrected chi connectivity index (χ0v) is 12.3. The van der Waals surface area contributed by atoms with Crippen LogP contribution in [0.2, 0.25) is 0 Å². The molecule has 4 nitrogen and oxygen atoms in total. The second kappa shape index (κ2) is 6.46. The normalized spacial score (nSPS) is 12.3. The van der Waals surface area contributed by atoms with Crippen LogP contribution in [0.15, 0.2) is 24.4 Å². The number of amides is 1. The summed E-state index contributed by atoms with van der Waals surface area (Å²) in [5.74, 6) is 1.06. The predicted octanol–water partition coefficient (Wildman–Crippen LogP) is 2.88. The van der Waals surface area contributed by atoms with E-state index in [1.165, 1.54) is 5.56 Å². The highest BCUT2D eigenvalue weighted by molar-refractivity contribution is 5.84. The second-order valence-corrected chi connectivity index (χ2v) is 5.08. The number of ether oxygens (including phenoxy) is 1. The van der Waals surface area contributed by atoms with E-state index in [1.807, 2.05) is 38.2 Å². The zero-order valence-electron chi connectivity index (χ0n) is 12.3. The topological polar surface area (TPSA) is 54.1 Å². The molecule has 2 rings (SSSR count). The Morgan fingerprint density at radius 1 is 1.45 bits per heavy atom. The lowest BCUT2D eigenvalue weighted by atomic mass is 10.1.